The summed E-state index contributed by atoms with van der Waals surface area (Å²) in [7, 11) is 0. The van der Waals surface area contributed by atoms with Gasteiger partial charge in [-0.25, -0.2) is 9.18 Å². The van der Waals surface area contributed by atoms with Gasteiger partial charge in [0.05, 0.1) is 5.52 Å². The van der Waals surface area contributed by atoms with Gasteiger partial charge in [0.2, 0.25) is 0 Å². The Hall–Kier alpha value is -1.88. The van der Waals surface area contributed by atoms with E-state index >= 15 is 0 Å². The van der Waals surface area contributed by atoms with Crippen LogP contribution in [0.25, 0.3) is 10.9 Å². The van der Waals surface area contributed by atoms with E-state index in [1.54, 1.807) is 13.0 Å². The van der Waals surface area contributed by atoms with Crippen LogP contribution in [-0.4, -0.2) is 21.2 Å². The maximum Gasteiger partial charge on any atom is 0.337 e. The maximum atomic E-state index is 13.4. The Morgan fingerprint density at radius 2 is 2.19 bits per heavy atom. The predicted molar refractivity (Wildman–Crippen MR) is 55.6 cm³/mol. The van der Waals surface area contributed by atoms with Crippen molar-refractivity contribution in [3.63, 3.8) is 0 Å². The SMILES string of the molecule is Cc1[nH]c2c(F)cccc2c1C(O)C(=O)O. The van der Waals surface area contributed by atoms with E-state index in [0.717, 1.165) is 0 Å². The van der Waals surface area contributed by atoms with Crippen molar-refractivity contribution >= 4 is 16.9 Å². The molecule has 0 aliphatic heterocycles. The summed E-state index contributed by atoms with van der Waals surface area (Å²) in [5, 5.41) is 18.7. The molecule has 3 N–H and O–H groups in total. The molecule has 1 atom stereocenters. The number of H-pyrrole nitrogens is 1. The lowest BCUT2D eigenvalue weighted by molar-refractivity contribution is -0.146. The molecular formula is C11H10FNO3. The summed E-state index contributed by atoms with van der Waals surface area (Å²) in [6.45, 7) is 1.60. The Bertz CT molecular complexity index is 562. The van der Waals surface area contributed by atoms with Gasteiger partial charge in [0.1, 0.15) is 5.82 Å². The highest BCUT2D eigenvalue weighted by atomic mass is 19.1. The molecule has 0 aliphatic carbocycles. The highest BCUT2D eigenvalue weighted by molar-refractivity contribution is 5.90. The third-order valence-corrected chi connectivity index (χ3v) is 2.53. The van der Waals surface area contributed by atoms with Crippen LogP contribution in [0.2, 0.25) is 0 Å². The van der Waals surface area contributed by atoms with Crippen molar-refractivity contribution in [1.29, 1.82) is 0 Å². The van der Waals surface area contributed by atoms with Crippen LogP contribution in [0.1, 0.15) is 17.4 Å². The van der Waals surface area contributed by atoms with Crippen molar-refractivity contribution in [2.24, 2.45) is 0 Å². The number of aliphatic hydroxyl groups excluding tert-OH is 1. The Morgan fingerprint density at radius 3 is 2.81 bits per heavy atom. The Kier molecular flexibility index (Phi) is 2.40. The zero-order valence-corrected chi connectivity index (χ0v) is 8.49. The van der Waals surface area contributed by atoms with Crippen LogP contribution in [0.5, 0.6) is 0 Å². The number of benzene rings is 1. The summed E-state index contributed by atoms with van der Waals surface area (Å²) in [6, 6.07) is 4.32. The average molecular weight is 223 g/mol. The normalized spacial score (nSPS) is 12.9. The van der Waals surface area contributed by atoms with Gasteiger partial charge in [-0.15, -0.1) is 0 Å². The van der Waals surface area contributed by atoms with E-state index in [4.69, 9.17) is 5.11 Å². The molecule has 84 valence electrons. The second-order valence-electron chi connectivity index (χ2n) is 3.57. The molecule has 1 heterocycles. The molecule has 1 aromatic heterocycles. The van der Waals surface area contributed by atoms with E-state index in [1.807, 2.05) is 0 Å². The first-order chi connectivity index (χ1) is 7.52. The van der Waals surface area contributed by atoms with Gasteiger partial charge in [0.25, 0.3) is 0 Å². The van der Waals surface area contributed by atoms with Gasteiger partial charge in [0, 0.05) is 16.6 Å². The molecule has 5 heteroatoms. The monoisotopic (exact) mass is 223 g/mol. The molecule has 1 unspecified atom stereocenters. The largest absolute Gasteiger partial charge is 0.479 e. The van der Waals surface area contributed by atoms with Crippen LogP contribution in [0, 0.1) is 12.7 Å². The topological polar surface area (TPSA) is 73.3 Å². The Balaban J connectivity index is 2.74. The number of fused-ring (bicyclic) bond motifs is 1. The van der Waals surface area contributed by atoms with Crippen molar-refractivity contribution in [2.45, 2.75) is 13.0 Å². The number of halogens is 1. The van der Waals surface area contributed by atoms with Crippen molar-refractivity contribution in [1.82, 2.24) is 4.98 Å². The summed E-state index contributed by atoms with van der Waals surface area (Å²) < 4.78 is 13.4. The van der Waals surface area contributed by atoms with E-state index < -0.39 is 17.9 Å². The van der Waals surface area contributed by atoms with Crippen LogP contribution in [0.3, 0.4) is 0 Å². The number of carboxylic acids is 1. The first kappa shape index (κ1) is 10.6. The zero-order chi connectivity index (χ0) is 11.9. The number of para-hydroxylation sites is 1. The number of hydrogen-bond donors (Lipinski definition) is 3. The molecule has 0 bridgehead atoms. The molecule has 1 aromatic carbocycles. The molecule has 0 spiro atoms. The van der Waals surface area contributed by atoms with Gasteiger partial charge in [-0.3, -0.25) is 0 Å². The Morgan fingerprint density at radius 1 is 1.50 bits per heavy atom. The minimum Gasteiger partial charge on any atom is -0.479 e. The van der Waals surface area contributed by atoms with Crippen molar-refractivity contribution < 1.29 is 19.4 Å². The number of aromatic nitrogens is 1. The predicted octanol–water partition coefficient (Wildman–Crippen LogP) is 1.73. The van der Waals surface area contributed by atoms with E-state index in [0.29, 0.717) is 11.1 Å². The molecule has 16 heavy (non-hydrogen) atoms. The van der Waals surface area contributed by atoms with Crippen LogP contribution < -0.4 is 0 Å². The standard InChI is InChI=1S/C11H10FNO3/c1-5-8(10(14)11(15)16)6-3-2-4-7(12)9(6)13-5/h2-4,10,13-14H,1H3,(H,15,16). The number of aliphatic hydroxyl groups is 1. The molecule has 0 fully saturated rings. The number of rotatable bonds is 2. The minimum absolute atomic E-state index is 0.210. The number of aryl methyl sites for hydroxylation is 1. The van der Waals surface area contributed by atoms with Gasteiger partial charge in [-0.2, -0.15) is 0 Å². The fourth-order valence-corrected chi connectivity index (χ4v) is 1.81. The molecule has 0 radical (unpaired) electrons. The van der Waals surface area contributed by atoms with Crippen LogP contribution in [0.15, 0.2) is 18.2 Å². The number of carboxylic acid groups (broad SMARTS) is 1. The molecule has 0 saturated heterocycles. The zero-order valence-electron chi connectivity index (χ0n) is 8.49. The Labute approximate surface area is 90.3 Å². The number of nitrogens with one attached hydrogen (secondary N) is 1. The van der Waals surface area contributed by atoms with E-state index in [2.05, 4.69) is 4.98 Å². The molecule has 0 aliphatic rings. The molecule has 2 rings (SSSR count). The van der Waals surface area contributed by atoms with Crippen molar-refractivity contribution in [2.75, 3.05) is 0 Å². The lowest BCUT2D eigenvalue weighted by Crippen LogP contribution is -2.11. The minimum atomic E-state index is -1.64. The van der Waals surface area contributed by atoms with E-state index in [1.165, 1.54) is 12.1 Å². The number of aliphatic carboxylic acids is 1. The molecule has 4 nitrogen and oxygen atoms in total. The van der Waals surface area contributed by atoms with E-state index in [-0.39, 0.29) is 11.1 Å². The van der Waals surface area contributed by atoms with Crippen molar-refractivity contribution in [3.05, 3.63) is 35.3 Å². The highest BCUT2D eigenvalue weighted by Gasteiger charge is 2.23. The van der Waals surface area contributed by atoms with Gasteiger partial charge >= 0.3 is 5.97 Å². The van der Waals surface area contributed by atoms with Crippen LogP contribution in [0.4, 0.5) is 4.39 Å². The molecule has 0 amide bonds. The molecule has 0 saturated carbocycles. The van der Waals surface area contributed by atoms with Gasteiger partial charge in [0.15, 0.2) is 6.10 Å². The van der Waals surface area contributed by atoms with Crippen LogP contribution in [-0.2, 0) is 4.79 Å². The van der Waals surface area contributed by atoms with Gasteiger partial charge in [-0.1, -0.05) is 12.1 Å². The summed E-state index contributed by atoms with van der Waals surface area (Å²) in [5.74, 6) is -1.82. The third kappa shape index (κ3) is 1.45. The lowest BCUT2D eigenvalue weighted by Gasteiger charge is -2.05. The summed E-state index contributed by atoms with van der Waals surface area (Å²) in [5.41, 5.74) is 0.882. The molecular weight excluding hydrogens is 213 g/mol. The second-order valence-corrected chi connectivity index (χ2v) is 3.57. The van der Waals surface area contributed by atoms with E-state index in [9.17, 15) is 14.3 Å². The third-order valence-electron chi connectivity index (χ3n) is 2.53. The second kappa shape index (κ2) is 3.61. The first-order valence-electron chi connectivity index (χ1n) is 4.70. The maximum absolute atomic E-state index is 13.4. The quantitative estimate of drug-likeness (QED) is 0.725. The first-order valence-corrected chi connectivity index (χ1v) is 4.70. The smallest absolute Gasteiger partial charge is 0.337 e. The van der Waals surface area contributed by atoms with Crippen molar-refractivity contribution in [3.8, 4) is 0 Å². The fraction of sp³-hybridized carbons (Fsp3) is 0.182. The molecule has 2 aromatic rings. The van der Waals surface area contributed by atoms with Gasteiger partial charge < -0.3 is 15.2 Å². The number of hydrogen-bond acceptors (Lipinski definition) is 2. The summed E-state index contributed by atoms with van der Waals surface area (Å²) in [4.78, 5) is 13.5. The average Bonchev–Trinajstić information content (AvgIpc) is 2.55. The lowest BCUT2D eigenvalue weighted by atomic mass is 10.1. The highest BCUT2D eigenvalue weighted by Crippen LogP contribution is 2.29. The fourth-order valence-electron chi connectivity index (χ4n) is 1.81. The number of carbonyl (C=O) groups is 1. The number of aromatic amines is 1. The summed E-state index contributed by atoms with van der Waals surface area (Å²) >= 11 is 0. The van der Waals surface area contributed by atoms with Gasteiger partial charge in [-0.05, 0) is 13.0 Å². The van der Waals surface area contributed by atoms with Crippen LogP contribution >= 0.6 is 0 Å². The summed E-state index contributed by atoms with van der Waals surface area (Å²) in [6.07, 6.45) is -1.64.